The standard InChI is InChI=1S/C11H22N2/c1-12-9-3-5-10(6-4-9)13(2)11-7-8-11/h9-12H,3-8H2,1-2H3. The molecule has 2 aliphatic carbocycles. The van der Waals surface area contributed by atoms with Crippen molar-refractivity contribution in [3.8, 4) is 0 Å². The molecule has 2 rings (SSSR count). The van der Waals surface area contributed by atoms with Crippen molar-refractivity contribution in [1.82, 2.24) is 10.2 Å². The zero-order chi connectivity index (χ0) is 9.26. The first-order valence-corrected chi connectivity index (χ1v) is 5.70. The number of hydrogen-bond donors (Lipinski definition) is 1. The van der Waals surface area contributed by atoms with Crippen LogP contribution in [0.3, 0.4) is 0 Å². The predicted molar refractivity (Wildman–Crippen MR) is 55.9 cm³/mol. The molecule has 0 aromatic rings. The minimum atomic E-state index is 0.795. The first-order chi connectivity index (χ1) is 6.31. The van der Waals surface area contributed by atoms with Gasteiger partial charge in [0.25, 0.3) is 0 Å². The normalized spacial score (nSPS) is 35.3. The molecule has 1 N–H and O–H groups in total. The minimum absolute atomic E-state index is 0.795. The van der Waals surface area contributed by atoms with Crippen molar-refractivity contribution in [3.63, 3.8) is 0 Å². The lowest BCUT2D eigenvalue weighted by atomic mass is 9.90. The summed E-state index contributed by atoms with van der Waals surface area (Å²) in [5.41, 5.74) is 0. The van der Waals surface area contributed by atoms with Gasteiger partial charge in [-0.1, -0.05) is 0 Å². The van der Waals surface area contributed by atoms with Crippen molar-refractivity contribution < 1.29 is 0 Å². The summed E-state index contributed by atoms with van der Waals surface area (Å²) < 4.78 is 0. The van der Waals surface area contributed by atoms with E-state index in [1.165, 1.54) is 38.5 Å². The van der Waals surface area contributed by atoms with Gasteiger partial charge in [0.15, 0.2) is 0 Å². The van der Waals surface area contributed by atoms with Crippen molar-refractivity contribution >= 4 is 0 Å². The second-order valence-corrected chi connectivity index (χ2v) is 4.69. The van der Waals surface area contributed by atoms with E-state index in [0.29, 0.717) is 0 Å². The largest absolute Gasteiger partial charge is 0.317 e. The van der Waals surface area contributed by atoms with Crippen molar-refractivity contribution in [2.24, 2.45) is 0 Å². The molecular formula is C11H22N2. The summed E-state index contributed by atoms with van der Waals surface area (Å²) in [7, 11) is 4.41. The van der Waals surface area contributed by atoms with Gasteiger partial charge in [-0.3, -0.25) is 0 Å². The van der Waals surface area contributed by atoms with E-state index >= 15 is 0 Å². The van der Waals surface area contributed by atoms with Gasteiger partial charge in [-0.05, 0) is 52.6 Å². The lowest BCUT2D eigenvalue weighted by Crippen LogP contribution is -2.40. The van der Waals surface area contributed by atoms with Crippen molar-refractivity contribution in [2.45, 2.75) is 56.7 Å². The van der Waals surface area contributed by atoms with E-state index in [9.17, 15) is 0 Å². The highest BCUT2D eigenvalue weighted by Crippen LogP contribution is 2.32. The summed E-state index contributed by atoms with van der Waals surface area (Å²) in [6, 6.07) is 2.62. The first kappa shape index (κ1) is 9.47. The lowest BCUT2D eigenvalue weighted by molar-refractivity contribution is 0.169. The molecule has 0 saturated heterocycles. The third-order valence-electron chi connectivity index (χ3n) is 3.80. The molecule has 0 bridgehead atoms. The summed E-state index contributed by atoms with van der Waals surface area (Å²) in [5.74, 6) is 0. The number of nitrogens with zero attached hydrogens (tertiary/aromatic N) is 1. The van der Waals surface area contributed by atoms with Gasteiger partial charge in [0.1, 0.15) is 0 Å². The molecule has 0 radical (unpaired) electrons. The Morgan fingerprint density at radius 1 is 0.923 bits per heavy atom. The number of hydrogen-bond acceptors (Lipinski definition) is 2. The van der Waals surface area contributed by atoms with Crippen LogP contribution in [0.25, 0.3) is 0 Å². The second kappa shape index (κ2) is 3.97. The van der Waals surface area contributed by atoms with Gasteiger partial charge in [0, 0.05) is 18.1 Å². The first-order valence-electron chi connectivity index (χ1n) is 5.70. The van der Waals surface area contributed by atoms with Gasteiger partial charge in [0.2, 0.25) is 0 Å². The van der Waals surface area contributed by atoms with Crippen LogP contribution in [-0.2, 0) is 0 Å². The third-order valence-corrected chi connectivity index (χ3v) is 3.80. The van der Waals surface area contributed by atoms with Crippen LogP contribution in [-0.4, -0.2) is 37.1 Å². The molecule has 0 spiro atoms. The minimum Gasteiger partial charge on any atom is -0.317 e. The molecule has 13 heavy (non-hydrogen) atoms. The van der Waals surface area contributed by atoms with Gasteiger partial charge >= 0.3 is 0 Å². The van der Waals surface area contributed by atoms with Crippen molar-refractivity contribution in [3.05, 3.63) is 0 Å². The molecule has 0 heterocycles. The fourth-order valence-corrected chi connectivity index (χ4v) is 2.55. The van der Waals surface area contributed by atoms with Gasteiger partial charge < -0.3 is 10.2 Å². The zero-order valence-electron chi connectivity index (χ0n) is 8.92. The predicted octanol–water partition coefficient (Wildman–Crippen LogP) is 1.61. The average Bonchev–Trinajstić information content (AvgIpc) is 3.00. The molecule has 0 atom stereocenters. The summed E-state index contributed by atoms with van der Waals surface area (Å²) in [4.78, 5) is 2.63. The Morgan fingerprint density at radius 2 is 1.38 bits per heavy atom. The fourth-order valence-electron chi connectivity index (χ4n) is 2.55. The summed E-state index contributed by atoms with van der Waals surface area (Å²) >= 11 is 0. The zero-order valence-corrected chi connectivity index (χ0v) is 8.92. The monoisotopic (exact) mass is 182 g/mol. The third kappa shape index (κ3) is 2.23. The molecular weight excluding hydrogens is 160 g/mol. The molecule has 2 saturated carbocycles. The highest BCUT2D eigenvalue weighted by atomic mass is 15.2. The molecule has 0 amide bonds. The second-order valence-electron chi connectivity index (χ2n) is 4.69. The molecule has 2 fully saturated rings. The van der Waals surface area contributed by atoms with Crippen molar-refractivity contribution in [2.75, 3.05) is 14.1 Å². The van der Waals surface area contributed by atoms with Gasteiger partial charge in [-0.2, -0.15) is 0 Å². The quantitative estimate of drug-likeness (QED) is 0.713. The van der Waals surface area contributed by atoms with E-state index in [-0.39, 0.29) is 0 Å². The maximum absolute atomic E-state index is 3.39. The van der Waals surface area contributed by atoms with Crippen LogP contribution in [0.15, 0.2) is 0 Å². The molecule has 2 aliphatic rings. The van der Waals surface area contributed by atoms with E-state index in [0.717, 1.165) is 18.1 Å². The highest BCUT2D eigenvalue weighted by Gasteiger charge is 2.32. The Kier molecular flexibility index (Phi) is 2.89. The van der Waals surface area contributed by atoms with Crippen LogP contribution >= 0.6 is 0 Å². The van der Waals surface area contributed by atoms with E-state index in [4.69, 9.17) is 0 Å². The fraction of sp³-hybridized carbons (Fsp3) is 1.00. The number of rotatable bonds is 3. The molecule has 76 valence electrons. The molecule has 0 aliphatic heterocycles. The Balaban J connectivity index is 1.76. The van der Waals surface area contributed by atoms with Crippen LogP contribution in [0.4, 0.5) is 0 Å². The summed E-state index contributed by atoms with van der Waals surface area (Å²) in [6.45, 7) is 0. The highest BCUT2D eigenvalue weighted by molar-refractivity contribution is 4.89. The summed E-state index contributed by atoms with van der Waals surface area (Å²) in [5, 5.41) is 3.39. The molecule has 0 unspecified atom stereocenters. The number of nitrogens with one attached hydrogen (secondary N) is 1. The van der Waals surface area contributed by atoms with Crippen LogP contribution in [0.1, 0.15) is 38.5 Å². The maximum atomic E-state index is 3.39. The van der Waals surface area contributed by atoms with Crippen LogP contribution in [0, 0.1) is 0 Å². The Hall–Kier alpha value is -0.0800. The van der Waals surface area contributed by atoms with E-state index < -0.39 is 0 Å². The van der Waals surface area contributed by atoms with E-state index in [2.05, 4.69) is 24.3 Å². The SMILES string of the molecule is CNC1CCC(N(C)C2CC2)CC1. The maximum Gasteiger partial charge on any atom is 0.00963 e. The molecule has 2 nitrogen and oxygen atoms in total. The Bertz CT molecular complexity index is 157. The van der Waals surface area contributed by atoms with Crippen molar-refractivity contribution in [1.29, 1.82) is 0 Å². The Morgan fingerprint density at radius 3 is 1.77 bits per heavy atom. The van der Waals surface area contributed by atoms with Crippen LogP contribution < -0.4 is 5.32 Å². The lowest BCUT2D eigenvalue weighted by Gasteiger charge is -2.34. The topological polar surface area (TPSA) is 15.3 Å². The molecule has 0 aromatic carbocycles. The van der Waals surface area contributed by atoms with Crippen LogP contribution in [0.2, 0.25) is 0 Å². The smallest absolute Gasteiger partial charge is 0.00963 e. The molecule has 2 heteroatoms. The molecule has 0 aromatic heterocycles. The van der Waals surface area contributed by atoms with Crippen LogP contribution in [0.5, 0.6) is 0 Å². The van der Waals surface area contributed by atoms with Gasteiger partial charge in [0.05, 0.1) is 0 Å². The van der Waals surface area contributed by atoms with Gasteiger partial charge in [-0.15, -0.1) is 0 Å². The Labute approximate surface area is 81.7 Å². The van der Waals surface area contributed by atoms with E-state index in [1.54, 1.807) is 0 Å². The van der Waals surface area contributed by atoms with Gasteiger partial charge in [-0.25, -0.2) is 0 Å². The average molecular weight is 182 g/mol. The van der Waals surface area contributed by atoms with E-state index in [1.807, 2.05) is 0 Å². The summed E-state index contributed by atoms with van der Waals surface area (Å²) in [6.07, 6.45) is 8.44.